The van der Waals surface area contributed by atoms with Gasteiger partial charge in [-0.2, -0.15) is 5.10 Å². The van der Waals surface area contributed by atoms with Crippen molar-refractivity contribution in [2.24, 2.45) is 5.10 Å². The van der Waals surface area contributed by atoms with E-state index in [0.717, 1.165) is 0 Å². The highest BCUT2D eigenvalue weighted by Gasteiger charge is 2.12. The lowest BCUT2D eigenvalue weighted by atomic mass is 10.2. The van der Waals surface area contributed by atoms with Crippen LogP contribution in [0.4, 0.5) is 11.4 Å². The fourth-order valence-corrected chi connectivity index (χ4v) is 1.94. The predicted molar refractivity (Wildman–Crippen MR) is 84.0 cm³/mol. The molecule has 2 N–H and O–H groups in total. The van der Waals surface area contributed by atoms with Crippen molar-refractivity contribution >= 4 is 29.2 Å². The average Bonchev–Trinajstić information content (AvgIpc) is 2.49. The summed E-state index contributed by atoms with van der Waals surface area (Å²) in [5, 5.41) is 24.5. The smallest absolute Gasteiger partial charge is 0.311 e. The first-order valence-corrected chi connectivity index (χ1v) is 6.49. The molecule has 2 aromatic carbocycles. The Bertz CT molecular complexity index is 734. The quantitative estimate of drug-likeness (QED) is 0.499. The number of phenolic OH excluding ortho intramolecular Hbond substituents is 1. The summed E-state index contributed by atoms with van der Waals surface area (Å²) in [4.78, 5) is 10.1. The number of rotatable bonds is 5. The molecule has 2 rings (SSSR count). The van der Waals surface area contributed by atoms with E-state index in [4.69, 9.17) is 16.3 Å². The Kier molecular flexibility index (Phi) is 4.80. The van der Waals surface area contributed by atoms with Crippen molar-refractivity contribution in [1.82, 2.24) is 0 Å². The van der Waals surface area contributed by atoms with Crippen molar-refractivity contribution in [1.29, 1.82) is 0 Å². The van der Waals surface area contributed by atoms with Gasteiger partial charge in [0.05, 0.1) is 29.0 Å². The van der Waals surface area contributed by atoms with Gasteiger partial charge in [-0.05, 0) is 30.3 Å². The Morgan fingerprint density at radius 2 is 2.14 bits per heavy atom. The molecule has 0 fully saturated rings. The first kappa shape index (κ1) is 15.6. The van der Waals surface area contributed by atoms with Gasteiger partial charge in [0, 0.05) is 11.6 Å². The highest BCUT2D eigenvalue weighted by molar-refractivity contribution is 6.32. The van der Waals surface area contributed by atoms with E-state index in [0.29, 0.717) is 22.0 Å². The van der Waals surface area contributed by atoms with Crippen LogP contribution in [0.15, 0.2) is 41.5 Å². The number of nitro groups is 1. The van der Waals surface area contributed by atoms with E-state index < -0.39 is 10.7 Å². The van der Waals surface area contributed by atoms with Gasteiger partial charge >= 0.3 is 5.69 Å². The lowest BCUT2D eigenvalue weighted by molar-refractivity contribution is -0.385. The fraction of sp³-hybridized carbons (Fsp3) is 0.0714. The molecule has 0 aliphatic carbocycles. The first-order valence-electron chi connectivity index (χ1n) is 6.11. The van der Waals surface area contributed by atoms with E-state index >= 15 is 0 Å². The molecule has 0 aliphatic rings. The van der Waals surface area contributed by atoms with Gasteiger partial charge in [0.1, 0.15) is 5.75 Å². The third kappa shape index (κ3) is 3.64. The van der Waals surface area contributed by atoms with Gasteiger partial charge < -0.3 is 9.84 Å². The number of nitro benzene ring substituents is 1. The number of nitrogens with one attached hydrogen (secondary N) is 1. The molecule has 7 nitrogen and oxygen atoms in total. The minimum Gasteiger partial charge on any atom is -0.502 e. The zero-order valence-electron chi connectivity index (χ0n) is 11.5. The Labute approximate surface area is 130 Å². The number of aromatic hydroxyl groups is 1. The van der Waals surface area contributed by atoms with Crippen molar-refractivity contribution < 1.29 is 14.8 Å². The van der Waals surface area contributed by atoms with Crippen molar-refractivity contribution in [3.63, 3.8) is 0 Å². The number of phenols is 1. The first-order chi connectivity index (χ1) is 10.5. The van der Waals surface area contributed by atoms with Crippen LogP contribution in [0.1, 0.15) is 5.56 Å². The Morgan fingerprint density at radius 3 is 2.77 bits per heavy atom. The Morgan fingerprint density at radius 1 is 1.36 bits per heavy atom. The summed E-state index contributed by atoms with van der Waals surface area (Å²) >= 11 is 5.98. The summed E-state index contributed by atoms with van der Waals surface area (Å²) in [6.07, 6.45) is 1.39. The van der Waals surface area contributed by atoms with Gasteiger partial charge in [0.15, 0.2) is 5.75 Å². The van der Waals surface area contributed by atoms with E-state index in [9.17, 15) is 15.2 Å². The van der Waals surface area contributed by atoms with Crippen LogP contribution in [0.2, 0.25) is 5.02 Å². The summed E-state index contributed by atoms with van der Waals surface area (Å²) in [6.45, 7) is 0. The maximum Gasteiger partial charge on any atom is 0.311 e. The van der Waals surface area contributed by atoms with E-state index in [1.54, 1.807) is 18.2 Å². The number of hydrogen-bond donors (Lipinski definition) is 2. The van der Waals surface area contributed by atoms with Gasteiger partial charge in [-0.1, -0.05) is 11.6 Å². The van der Waals surface area contributed by atoms with Crippen LogP contribution < -0.4 is 10.2 Å². The highest BCUT2D eigenvalue weighted by atomic mass is 35.5. The van der Waals surface area contributed by atoms with Gasteiger partial charge in [-0.3, -0.25) is 15.5 Å². The number of methoxy groups -OCH3 is 1. The van der Waals surface area contributed by atoms with Crippen molar-refractivity contribution in [3.05, 3.63) is 57.1 Å². The van der Waals surface area contributed by atoms with Gasteiger partial charge in [0.25, 0.3) is 0 Å². The number of hydrazone groups is 1. The predicted octanol–water partition coefficient (Wildman–Crippen LogP) is 3.41. The molecule has 0 spiro atoms. The molecule has 0 amide bonds. The van der Waals surface area contributed by atoms with E-state index in [2.05, 4.69) is 10.5 Å². The SMILES string of the molecule is COc1ccc(N/N=C/c2ccc(O)c([N+](=O)[O-])c2)cc1Cl. The topological polar surface area (TPSA) is 97.0 Å². The minimum atomic E-state index is -0.663. The van der Waals surface area contributed by atoms with Gasteiger partial charge in [0.2, 0.25) is 0 Å². The number of anilines is 1. The molecule has 0 saturated heterocycles. The van der Waals surface area contributed by atoms with E-state index in [-0.39, 0.29) is 5.69 Å². The molecule has 8 heteroatoms. The van der Waals surface area contributed by atoms with E-state index in [1.807, 2.05) is 0 Å². The van der Waals surface area contributed by atoms with Gasteiger partial charge in [-0.15, -0.1) is 0 Å². The minimum absolute atomic E-state index is 0.378. The highest BCUT2D eigenvalue weighted by Crippen LogP contribution is 2.27. The molecule has 114 valence electrons. The maximum absolute atomic E-state index is 10.7. The van der Waals surface area contributed by atoms with Crippen molar-refractivity contribution in [3.8, 4) is 11.5 Å². The van der Waals surface area contributed by atoms with E-state index in [1.165, 1.54) is 31.5 Å². The molecule has 22 heavy (non-hydrogen) atoms. The number of ether oxygens (including phenoxy) is 1. The molecule has 0 bridgehead atoms. The lowest BCUT2D eigenvalue weighted by Crippen LogP contribution is -1.94. The molecule has 0 radical (unpaired) electrons. The molecular formula is C14H12ClN3O4. The monoisotopic (exact) mass is 321 g/mol. The van der Waals surface area contributed by atoms with Crippen LogP contribution in [0.25, 0.3) is 0 Å². The van der Waals surface area contributed by atoms with Crippen LogP contribution in [0.5, 0.6) is 11.5 Å². The standard InChI is InChI=1S/C14H12ClN3O4/c1-22-14-5-3-10(7-11(14)15)17-16-8-9-2-4-13(19)12(6-9)18(20)21/h2-8,17,19H,1H3/b16-8+. The molecule has 2 aromatic rings. The summed E-state index contributed by atoms with van der Waals surface area (Å²) in [5.41, 5.74) is 3.47. The number of hydrogen-bond acceptors (Lipinski definition) is 6. The normalized spacial score (nSPS) is 10.6. The van der Waals surface area contributed by atoms with Crippen LogP contribution in [0.3, 0.4) is 0 Å². The van der Waals surface area contributed by atoms with Crippen LogP contribution in [-0.2, 0) is 0 Å². The summed E-state index contributed by atoms with van der Waals surface area (Å²) in [6, 6.07) is 9.02. The van der Waals surface area contributed by atoms with Gasteiger partial charge in [-0.25, -0.2) is 0 Å². The lowest BCUT2D eigenvalue weighted by Gasteiger charge is -2.05. The second-order valence-electron chi connectivity index (χ2n) is 4.22. The van der Waals surface area contributed by atoms with Crippen LogP contribution in [-0.4, -0.2) is 23.4 Å². The van der Waals surface area contributed by atoms with Crippen LogP contribution >= 0.6 is 11.6 Å². The number of nitrogens with zero attached hydrogens (tertiary/aromatic N) is 2. The molecule has 0 heterocycles. The second kappa shape index (κ2) is 6.77. The Balaban J connectivity index is 2.11. The number of benzene rings is 2. The average molecular weight is 322 g/mol. The third-order valence-corrected chi connectivity index (χ3v) is 3.05. The zero-order valence-corrected chi connectivity index (χ0v) is 12.2. The molecule has 0 atom stereocenters. The third-order valence-electron chi connectivity index (χ3n) is 2.76. The Hall–Kier alpha value is -2.80. The zero-order chi connectivity index (χ0) is 16.1. The van der Waals surface area contributed by atoms with Crippen molar-refractivity contribution in [2.45, 2.75) is 0 Å². The van der Waals surface area contributed by atoms with Crippen molar-refractivity contribution in [2.75, 3.05) is 12.5 Å². The summed E-state index contributed by atoms with van der Waals surface area (Å²) < 4.78 is 5.03. The van der Waals surface area contributed by atoms with Crippen LogP contribution in [0, 0.1) is 10.1 Å². The molecule has 0 aliphatic heterocycles. The molecular weight excluding hydrogens is 310 g/mol. The summed E-state index contributed by atoms with van der Waals surface area (Å²) in [7, 11) is 1.52. The summed E-state index contributed by atoms with van der Waals surface area (Å²) in [5.74, 6) is 0.155. The second-order valence-corrected chi connectivity index (χ2v) is 4.63. The maximum atomic E-state index is 10.7. The molecule has 0 saturated carbocycles. The number of halogens is 1. The molecule has 0 unspecified atom stereocenters. The molecule has 0 aromatic heterocycles. The largest absolute Gasteiger partial charge is 0.502 e. The fourth-order valence-electron chi connectivity index (χ4n) is 1.68.